The average molecular weight is 302 g/mol. The molecule has 3 rings (SSSR count). The van der Waals surface area contributed by atoms with Gasteiger partial charge in [0.25, 0.3) is 0 Å². The third-order valence-corrected chi connectivity index (χ3v) is 3.44. The van der Waals surface area contributed by atoms with Crippen molar-refractivity contribution >= 4 is 11.5 Å². The molecule has 0 saturated carbocycles. The highest BCUT2D eigenvalue weighted by Gasteiger charge is 2.29. The second-order valence-electron chi connectivity index (χ2n) is 5.04. The molecule has 114 valence electrons. The summed E-state index contributed by atoms with van der Waals surface area (Å²) in [6, 6.07) is 10.5. The first-order chi connectivity index (χ1) is 10.6. The van der Waals surface area contributed by atoms with Gasteiger partial charge in [0.2, 0.25) is 0 Å². The largest absolute Gasteiger partial charge is 0.486 e. The molecule has 1 aliphatic heterocycles. The van der Waals surface area contributed by atoms with Crippen LogP contribution in [-0.2, 0) is 0 Å². The molecule has 0 fully saturated rings. The molecular weight excluding hydrogens is 286 g/mol. The van der Waals surface area contributed by atoms with Gasteiger partial charge < -0.3 is 9.47 Å². The van der Waals surface area contributed by atoms with E-state index in [0.29, 0.717) is 24.7 Å². The highest BCUT2D eigenvalue weighted by Crippen LogP contribution is 2.31. The maximum Gasteiger partial charge on any atom is 0.357 e. The van der Waals surface area contributed by atoms with Crippen LogP contribution in [0.5, 0.6) is 11.5 Å². The first-order valence-corrected chi connectivity index (χ1v) is 6.90. The van der Waals surface area contributed by atoms with Crippen LogP contribution >= 0.6 is 0 Å². The van der Waals surface area contributed by atoms with Gasteiger partial charge in [-0.05, 0) is 18.2 Å². The minimum absolute atomic E-state index is 0.0297. The first-order valence-electron chi connectivity index (χ1n) is 6.90. The van der Waals surface area contributed by atoms with Crippen molar-refractivity contribution in [2.75, 3.05) is 25.1 Å². The molecule has 0 spiro atoms. The van der Waals surface area contributed by atoms with Gasteiger partial charge in [-0.25, -0.2) is 4.98 Å². The van der Waals surface area contributed by atoms with Crippen molar-refractivity contribution in [1.82, 2.24) is 0 Å². The van der Waals surface area contributed by atoms with Crippen molar-refractivity contribution in [3.63, 3.8) is 0 Å². The van der Waals surface area contributed by atoms with E-state index < -0.39 is 4.92 Å². The van der Waals surface area contributed by atoms with Gasteiger partial charge in [0, 0.05) is 6.07 Å². The standard InChI is InChI=1S/C15H15N3O4/c1-17(15-12(18(19)20)5-4-8-16-15)9-11-10-21-13-6-2-3-7-14(13)22-11/h2-8,11H,9-10H2,1H3/p+1/t11-/m1/s1. The lowest BCUT2D eigenvalue weighted by atomic mass is 10.2. The fourth-order valence-electron chi connectivity index (χ4n) is 2.42. The summed E-state index contributed by atoms with van der Waals surface area (Å²) in [4.78, 5) is 15.4. The number of ether oxygens (including phenoxy) is 2. The maximum atomic E-state index is 11.1. The zero-order chi connectivity index (χ0) is 15.5. The van der Waals surface area contributed by atoms with Crippen LogP contribution in [0, 0.1) is 10.1 Å². The van der Waals surface area contributed by atoms with E-state index in [2.05, 4.69) is 4.98 Å². The fraction of sp³-hybridized carbons (Fsp3) is 0.267. The van der Waals surface area contributed by atoms with Gasteiger partial charge in [0.05, 0.1) is 18.2 Å². The van der Waals surface area contributed by atoms with Gasteiger partial charge in [-0.3, -0.25) is 15.0 Å². The molecule has 0 bridgehead atoms. The third-order valence-electron chi connectivity index (χ3n) is 3.44. The Hall–Kier alpha value is -2.83. The second-order valence-corrected chi connectivity index (χ2v) is 5.04. The molecule has 22 heavy (non-hydrogen) atoms. The summed E-state index contributed by atoms with van der Waals surface area (Å²) >= 11 is 0. The van der Waals surface area contributed by atoms with Gasteiger partial charge >= 0.3 is 11.5 Å². The smallest absolute Gasteiger partial charge is 0.357 e. The van der Waals surface area contributed by atoms with E-state index in [0.717, 1.165) is 5.75 Å². The summed E-state index contributed by atoms with van der Waals surface area (Å²) in [6.07, 6.45) is 1.46. The number of hydrogen-bond acceptors (Lipinski definition) is 5. The molecular formula is C15H16N3O4+. The minimum Gasteiger partial charge on any atom is -0.486 e. The third kappa shape index (κ3) is 2.78. The van der Waals surface area contributed by atoms with E-state index in [-0.39, 0.29) is 11.8 Å². The Kier molecular flexibility index (Phi) is 3.78. The molecule has 2 heterocycles. The van der Waals surface area contributed by atoms with Crippen LogP contribution < -0.4 is 19.4 Å². The molecule has 7 nitrogen and oxygen atoms in total. The summed E-state index contributed by atoms with van der Waals surface area (Å²) in [5.74, 6) is 1.85. The highest BCUT2D eigenvalue weighted by molar-refractivity contribution is 5.52. The Morgan fingerprint density at radius 3 is 2.86 bits per heavy atom. The SMILES string of the molecule is CN(C[C@@H]1COc2ccccc2O1)c1[nH+]cccc1[N+](=O)[O-]. The van der Waals surface area contributed by atoms with Crippen LogP contribution in [0.4, 0.5) is 11.5 Å². The van der Waals surface area contributed by atoms with Gasteiger partial charge in [0.15, 0.2) is 17.6 Å². The normalized spacial score (nSPS) is 16.1. The molecule has 0 radical (unpaired) electrons. The number of benzene rings is 1. The number of pyridine rings is 1. The molecule has 1 aliphatic rings. The van der Waals surface area contributed by atoms with Gasteiger partial charge in [-0.15, -0.1) is 0 Å². The number of rotatable bonds is 4. The van der Waals surface area contributed by atoms with Crippen LogP contribution in [0.3, 0.4) is 0 Å². The van der Waals surface area contributed by atoms with Crippen molar-refractivity contribution in [3.05, 3.63) is 52.7 Å². The van der Waals surface area contributed by atoms with Crippen LogP contribution in [0.2, 0.25) is 0 Å². The Balaban J connectivity index is 1.73. The van der Waals surface area contributed by atoms with Gasteiger partial charge in [-0.1, -0.05) is 12.1 Å². The summed E-state index contributed by atoms with van der Waals surface area (Å²) in [6.45, 7) is 0.873. The first kappa shape index (κ1) is 14.1. The fourth-order valence-corrected chi connectivity index (χ4v) is 2.42. The molecule has 7 heteroatoms. The molecule has 1 aromatic heterocycles. The summed E-state index contributed by atoms with van der Waals surface area (Å²) in [5, 5.41) is 11.1. The van der Waals surface area contributed by atoms with Crippen LogP contribution in [0.1, 0.15) is 0 Å². The van der Waals surface area contributed by atoms with E-state index >= 15 is 0 Å². The van der Waals surface area contributed by atoms with Crippen LogP contribution in [-0.4, -0.2) is 31.2 Å². The topological polar surface area (TPSA) is 79.0 Å². The Morgan fingerprint density at radius 1 is 1.32 bits per heavy atom. The molecule has 0 amide bonds. The Morgan fingerprint density at radius 2 is 2.09 bits per heavy atom. The molecule has 0 saturated heterocycles. The number of aromatic nitrogens is 1. The van der Waals surface area contributed by atoms with Crippen molar-refractivity contribution in [3.8, 4) is 11.5 Å². The molecule has 0 unspecified atom stereocenters. The Bertz CT molecular complexity index is 692. The van der Waals surface area contributed by atoms with E-state index in [1.54, 1.807) is 24.2 Å². The number of para-hydroxylation sites is 2. The van der Waals surface area contributed by atoms with Crippen LogP contribution in [0.15, 0.2) is 42.6 Å². The minimum atomic E-state index is -0.407. The Labute approximate surface area is 127 Å². The number of aromatic amines is 1. The maximum absolute atomic E-state index is 11.1. The quantitative estimate of drug-likeness (QED) is 0.634. The van der Waals surface area contributed by atoms with E-state index in [1.807, 2.05) is 24.3 Å². The van der Waals surface area contributed by atoms with E-state index in [1.165, 1.54) is 6.07 Å². The lowest BCUT2D eigenvalue weighted by Crippen LogP contribution is -2.41. The van der Waals surface area contributed by atoms with Gasteiger partial charge in [0.1, 0.15) is 13.2 Å². The van der Waals surface area contributed by atoms with Crippen LogP contribution in [0.25, 0.3) is 0 Å². The molecule has 1 atom stereocenters. The van der Waals surface area contributed by atoms with E-state index in [9.17, 15) is 10.1 Å². The number of hydrogen-bond donors (Lipinski definition) is 0. The summed E-state index contributed by atoms with van der Waals surface area (Å²) in [5.41, 5.74) is 0.0297. The summed E-state index contributed by atoms with van der Waals surface area (Å²) < 4.78 is 11.5. The second kappa shape index (κ2) is 5.88. The molecule has 1 N–H and O–H groups in total. The van der Waals surface area contributed by atoms with Crippen molar-refractivity contribution in [2.24, 2.45) is 0 Å². The van der Waals surface area contributed by atoms with Crippen molar-refractivity contribution in [1.29, 1.82) is 0 Å². The van der Waals surface area contributed by atoms with Gasteiger partial charge in [-0.2, -0.15) is 0 Å². The molecule has 0 aliphatic carbocycles. The number of fused-ring (bicyclic) bond motifs is 1. The van der Waals surface area contributed by atoms with Crippen molar-refractivity contribution in [2.45, 2.75) is 6.10 Å². The molecule has 2 aromatic rings. The summed E-state index contributed by atoms with van der Waals surface area (Å²) in [7, 11) is 1.78. The number of nitrogens with zero attached hydrogens (tertiary/aromatic N) is 2. The number of H-pyrrole nitrogens is 1. The predicted molar refractivity (Wildman–Crippen MR) is 79.3 cm³/mol. The predicted octanol–water partition coefficient (Wildman–Crippen LogP) is 1.69. The number of likely N-dealkylation sites (N-methyl/N-ethyl adjacent to an activating group) is 1. The zero-order valence-electron chi connectivity index (χ0n) is 12.1. The average Bonchev–Trinajstić information content (AvgIpc) is 2.54. The van der Waals surface area contributed by atoms with E-state index in [4.69, 9.17) is 9.47 Å². The lowest BCUT2D eigenvalue weighted by Gasteiger charge is -2.27. The monoisotopic (exact) mass is 302 g/mol. The number of anilines is 1. The number of nitro groups is 1. The number of nitrogens with one attached hydrogen (secondary N) is 1. The highest BCUT2D eigenvalue weighted by atomic mass is 16.6. The molecule has 1 aromatic carbocycles. The lowest BCUT2D eigenvalue weighted by molar-refractivity contribution is -0.411. The zero-order valence-corrected chi connectivity index (χ0v) is 12.1. The van der Waals surface area contributed by atoms with Crippen molar-refractivity contribution < 1.29 is 19.4 Å².